The van der Waals surface area contributed by atoms with Crippen LogP contribution in [0.5, 0.6) is 0 Å². The lowest BCUT2D eigenvalue weighted by Crippen LogP contribution is -2.27. The molecule has 1 amide bonds. The molecule has 3 nitrogen and oxygen atoms in total. The second-order valence-electron chi connectivity index (χ2n) is 6.04. The zero-order chi connectivity index (χ0) is 17.9. The molecule has 0 aliphatic rings. The lowest BCUT2D eigenvalue weighted by molar-refractivity contribution is -0.112. The van der Waals surface area contributed by atoms with Gasteiger partial charge in [0.1, 0.15) is 0 Å². The van der Waals surface area contributed by atoms with Crippen LogP contribution in [-0.4, -0.2) is 30.7 Å². The van der Waals surface area contributed by atoms with Crippen LogP contribution in [0.2, 0.25) is 0 Å². The highest BCUT2D eigenvalue weighted by molar-refractivity contribution is 6.13. The van der Waals surface area contributed by atoms with Gasteiger partial charge in [-0.05, 0) is 53.1 Å². The molecule has 0 spiro atoms. The number of nitrogens with zero attached hydrogens (tertiary/aromatic N) is 1. The monoisotopic (exact) mass is 321 g/mol. The first-order valence-corrected chi connectivity index (χ1v) is 8.00. The van der Waals surface area contributed by atoms with Gasteiger partial charge in [0.05, 0.1) is 0 Å². The van der Waals surface area contributed by atoms with Crippen LogP contribution in [0.4, 0.5) is 0 Å². The molecule has 0 heterocycles. The third-order valence-electron chi connectivity index (χ3n) is 4.08. The van der Waals surface area contributed by atoms with E-state index < -0.39 is 0 Å². The van der Waals surface area contributed by atoms with Crippen molar-refractivity contribution < 1.29 is 9.59 Å². The summed E-state index contributed by atoms with van der Waals surface area (Å²) in [4.78, 5) is 25.2. The smallest absolute Gasteiger partial charge is 0.253 e. The summed E-state index contributed by atoms with van der Waals surface area (Å²) < 4.78 is 0. The molecular formula is C21H23NO2. The maximum Gasteiger partial charge on any atom is 0.253 e. The fraction of sp³-hybridized carbons (Fsp3) is 0.238. The summed E-state index contributed by atoms with van der Waals surface area (Å²) in [5.74, 6) is 0.0695. The molecule has 0 fully saturated rings. The van der Waals surface area contributed by atoms with Gasteiger partial charge in [0.2, 0.25) is 0 Å². The SMILES string of the molecule is C=c1cc(-c2ccc(C(=O)N(C)C)cc2)cc/c1=C(/CC)C(C)=O. The highest BCUT2D eigenvalue weighted by Gasteiger charge is 2.08. The molecule has 124 valence electrons. The van der Waals surface area contributed by atoms with E-state index in [0.717, 1.165) is 27.1 Å². The van der Waals surface area contributed by atoms with Gasteiger partial charge in [0.15, 0.2) is 5.78 Å². The molecule has 2 rings (SSSR count). The first kappa shape index (κ1) is 17.7. The number of carbonyl (C=O) groups excluding carboxylic acids is 2. The molecule has 2 aromatic rings. The van der Waals surface area contributed by atoms with Crippen LogP contribution in [0.25, 0.3) is 23.3 Å². The third kappa shape index (κ3) is 3.62. The Labute approximate surface area is 142 Å². The van der Waals surface area contributed by atoms with Crippen molar-refractivity contribution >= 4 is 23.8 Å². The van der Waals surface area contributed by atoms with Crippen LogP contribution in [0, 0.1) is 0 Å². The van der Waals surface area contributed by atoms with Crippen LogP contribution in [0.15, 0.2) is 42.5 Å². The summed E-state index contributed by atoms with van der Waals surface area (Å²) in [6.45, 7) is 7.66. The highest BCUT2D eigenvalue weighted by atomic mass is 16.2. The Hall–Kier alpha value is -2.68. The Kier molecular flexibility index (Phi) is 5.35. The number of Topliss-reactive ketones (excluding diaryl/α,β-unsaturated/α-hetero) is 1. The maximum absolute atomic E-state index is 11.9. The molecule has 0 saturated heterocycles. The van der Waals surface area contributed by atoms with Gasteiger partial charge in [0, 0.05) is 25.2 Å². The van der Waals surface area contributed by atoms with Crippen molar-refractivity contribution in [3.63, 3.8) is 0 Å². The quantitative estimate of drug-likeness (QED) is 0.868. The molecule has 0 atom stereocenters. The van der Waals surface area contributed by atoms with Gasteiger partial charge in [-0.1, -0.05) is 37.8 Å². The molecule has 0 radical (unpaired) electrons. The molecule has 2 aromatic carbocycles. The largest absolute Gasteiger partial charge is 0.345 e. The average molecular weight is 321 g/mol. The number of carbonyl (C=O) groups is 2. The van der Waals surface area contributed by atoms with Gasteiger partial charge in [0.25, 0.3) is 5.91 Å². The normalized spacial score (nSPS) is 11.8. The van der Waals surface area contributed by atoms with Gasteiger partial charge in [-0.15, -0.1) is 0 Å². The summed E-state index contributed by atoms with van der Waals surface area (Å²) in [5.41, 5.74) is 3.50. The first-order chi connectivity index (χ1) is 11.3. The van der Waals surface area contributed by atoms with Crippen molar-refractivity contribution in [2.24, 2.45) is 0 Å². The summed E-state index contributed by atoms with van der Waals surface area (Å²) >= 11 is 0. The number of ketones is 1. The van der Waals surface area contributed by atoms with Gasteiger partial charge < -0.3 is 4.90 Å². The number of rotatable bonds is 4. The van der Waals surface area contributed by atoms with Crippen LogP contribution in [0.3, 0.4) is 0 Å². The van der Waals surface area contributed by atoms with E-state index in [9.17, 15) is 9.59 Å². The van der Waals surface area contributed by atoms with Gasteiger partial charge in [-0.2, -0.15) is 0 Å². The van der Waals surface area contributed by atoms with E-state index >= 15 is 0 Å². The predicted octanol–water partition coefficient (Wildman–Crippen LogP) is 2.62. The maximum atomic E-state index is 11.9. The van der Waals surface area contributed by atoms with Crippen LogP contribution in [0.1, 0.15) is 30.6 Å². The minimum atomic E-state index is -0.0154. The van der Waals surface area contributed by atoms with E-state index in [1.54, 1.807) is 25.9 Å². The summed E-state index contributed by atoms with van der Waals surface area (Å²) in [6, 6.07) is 13.4. The van der Waals surface area contributed by atoms with E-state index in [1.807, 2.05) is 49.4 Å². The van der Waals surface area contributed by atoms with Crippen LogP contribution >= 0.6 is 0 Å². The summed E-state index contributed by atoms with van der Waals surface area (Å²) in [5, 5.41) is 1.75. The Morgan fingerprint density at radius 3 is 2.04 bits per heavy atom. The minimum absolute atomic E-state index is 0.0154. The zero-order valence-corrected chi connectivity index (χ0v) is 14.7. The zero-order valence-electron chi connectivity index (χ0n) is 14.7. The Morgan fingerprint density at radius 1 is 1.00 bits per heavy atom. The topological polar surface area (TPSA) is 37.4 Å². The molecular weight excluding hydrogens is 298 g/mol. The lowest BCUT2D eigenvalue weighted by atomic mass is 9.99. The summed E-state index contributed by atoms with van der Waals surface area (Å²) in [6.07, 6.45) is 0.693. The summed E-state index contributed by atoms with van der Waals surface area (Å²) in [7, 11) is 3.47. The van der Waals surface area contributed by atoms with Crippen LogP contribution in [-0.2, 0) is 4.79 Å². The van der Waals surface area contributed by atoms with Gasteiger partial charge in [-0.3, -0.25) is 9.59 Å². The molecule has 0 aliphatic carbocycles. The molecule has 0 unspecified atom stereocenters. The van der Waals surface area contributed by atoms with Crippen molar-refractivity contribution in [2.75, 3.05) is 14.1 Å². The fourth-order valence-electron chi connectivity index (χ4n) is 2.76. The molecule has 3 heteroatoms. The Bertz CT molecular complexity index is 877. The predicted molar refractivity (Wildman–Crippen MR) is 99.0 cm³/mol. The third-order valence-corrected chi connectivity index (χ3v) is 4.08. The van der Waals surface area contributed by atoms with E-state index in [4.69, 9.17) is 0 Å². The van der Waals surface area contributed by atoms with Gasteiger partial charge >= 0.3 is 0 Å². The highest BCUT2D eigenvalue weighted by Crippen LogP contribution is 2.18. The van der Waals surface area contributed by atoms with E-state index in [2.05, 4.69) is 6.58 Å². The van der Waals surface area contributed by atoms with Crippen LogP contribution < -0.4 is 10.4 Å². The molecule has 0 aliphatic heterocycles. The van der Waals surface area contributed by atoms with Crippen molar-refractivity contribution in [2.45, 2.75) is 20.3 Å². The number of hydrogen-bond donors (Lipinski definition) is 0. The fourth-order valence-corrected chi connectivity index (χ4v) is 2.76. The molecule has 0 saturated carbocycles. The van der Waals surface area contributed by atoms with E-state index in [0.29, 0.717) is 12.0 Å². The van der Waals surface area contributed by atoms with E-state index in [-0.39, 0.29) is 11.7 Å². The average Bonchev–Trinajstić information content (AvgIpc) is 2.56. The second-order valence-corrected chi connectivity index (χ2v) is 6.04. The van der Waals surface area contributed by atoms with E-state index in [1.165, 1.54) is 0 Å². The molecule has 24 heavy (non-hydrogen) atoms. The lowest BCUT2D eigenvalue weighted by Gasteiger charge is -2.10. The molecule has 0 aromatic heterocycles. The van der Waals surface area contributed by atoms with Crippen molar-refractivity contribution in [3.05, 3.63) is 58.5 Å². The van der Waals surface area contributed by atoms with Gasteiger partial charge in [-0.25, -0.2) is 0 Å². The standard InChI is InChI=1S/C21H23NO2/c1-6-19(15(3)23)20-12-11-18(13-14(20)2)16-7-9-17(10-8-16)21(24)22(4)5/h7-13H,2,6H2,1,3-5H3/b20-19+. The Balaban J connectivity index is 2.45. The number of hydrogen-bond acceptors (Lipinski definition) is 2. The molecule has 0 bridgehead atoms. The van der Waals surface area contributed by atoms with Crippen molar-refractivity contribution in [1.29, 1.82) is 0 Å². The Morgan fingerprint density at radius 2 is 1.58 bits per heavy atom. The molecule has 0 N–H and O–H groups in total. The van der Waals surface area contributed by atoms with Crippen molar-refractivity contribution in [3.8, 4) is 11.1 Å². The first-order valence-electron chi connectivity index (χ1n) is 8.00. The number of amides is 1. The minimum Gasteiger partial charge on any atom is -0.345 e. The second kappa shape index (κ2) is 7.26. The number of benzene rings is 2. The van der Waals surface area contributed by atoms with Crippen molar-refractivity contribution in [1.82, 2.24) is 4.90 Å².